The van der Waals surface area contributed by atoms with Gasteiger partial charge in [0.2, 0.25) is 0 Å². The third-order valence-corrected chi connectivity index (χ3v) is 3.22. The van der Waals surface area contributed by atoms with E-state index < -0.39 is 24.3 Å². The highest BCUT2D eigenvalue weighted by Gasteiger charge is 2.38. The lowest BCUT2D eigenvalue weighted by atomic mass is 9.97. The van der Waals surface area contributed by atoms with Gasteiger partial charge in [-0.15, -0.1) is 13.2 Å². The van der Waals surface area contributed by atoms with Crippen LogP contribution < -0.4 is 4.90 Å². The Bertz CT molecular complexity index is 559. The van der Waals surface area contributed by atoms with E-state index in [0.717, 1.165) is 4.90 Å². The molecule has 0 fully saturated rings. The molecule has 1 aliphatic rings. The zero-order chi connectivity index (χ0) is 15.6. The van der Waals surface area contributed by atoms with Gasteiger partial charge in [-0.05, 0) is 24.5 Å². The van der Waals surface area contributed by atoms with E-state index in [4.69, 9.17) is 5.11 Å². The highest BCUT2D eigenvalue weighted by atomic mass is 19.4. The van der Waals surface area contributed by atoms with Gasteiger partial charge in [-0.2, -0.15) is 0 Å². The first-order chi connectivity index (χ1) is 9.78. The number of carbonyl (C=O) groups excluding carboxylic acids is 1. The lowest BCUT2D eigenvalue weighted by Gasteiger charge is -2.22. The van der Waals surface area contributed by atoms with E-state index in [1.165, 1.54) is 6.07 Å². The Kier molecular flexibility index (Phi) is 4.06. The Hall–Kier alpha value is -2.25. The van der Waals surface area contributed by atoms with Crippen molar-refractivity contribution in [3.63, 3.8) is 0 Å². The summed E-state index contributed by atoms with van der Waals surface area (Å²) >= 11 is 0. The third kappa shape index (κ3) is 3.65. The van der Waals surface area contributed by atoms with Crippen molar-refractivity contribution in [1.29, 1.82) is 0 Å². The van der Waals surface area contributed by atoms with Crippen molar-refractivity contribution in [2.75, 3.05) is 11.4 Å². The number of halogens is 3. The summed E-state index contributed by atoms with van der Waals surface area (Å²) in [5, 5.41) is 9.09. The first-order valence-corrected chi connectivity index (χ1v) is 6.16. The molecule has 1 heterocycles. The maximum Gasteiger partial charge on any atom is 0.576 e. The SMILES string of the molecule is O=C(O)C1CCN(C(=O)OC(F)(F)F)c2ccccc2C1. The van der Waals surface area contributed by atoms with Crippen LogP contribution >= 0.6 is 0 Å². The minimum atomic E-state index is -5.08. The quantitative estimate of drug-likeness (QED) is 0.866. The molecule has 114 valence electrons. The number of amides is 1. The second kappa shape index (κ2) is 5.63. The van der Waals surface area contributed by atoms with Gasteiger partial charge < -0.3 is 9.84 Å². The normalized spacial score (nSPS) is 18.6. The lowest BCUT2D eigenvalue weighted by Crippen LogP contribution is -2.36. The van der Waals surface area contributed by atoms with Crippen LogP contribution in [0, 0.1) is 5.92 Å². The first-order valence-electron chi connectivity index (χ1n) is 6.16. The van der Waals surface area contributed by atoms with Gasteiger partial charge in [-0.3, -0.25) is 9.69 Å². The maximum absolute atomic E-state index is 12.2. The number of nitrogens with zero attached hydrogens (tertiary/aromatic N) is 1. The van der Waals surface area contributed by atoms with E-state index >= 15 is 0 Å². The van der Waals surface area contributed by atoms with Crippen LogP contribution in [0.2, 0.25) is 0 Å². The second-order valence-corrected chi connectivity index (χ2v) is 4.62. The average molecular weight is 303 g/mol. The Balaban J connectivity index is 2.31. The summed E-state index contributed by atoms with van der Waals surface area (Å²) < 4.78 is 40.0. The molecule has 0 aromatic heterocycles. The van der Waals surface area contributed by atoms with Crippen LogP contribution in [0.1, 0.15) is 12.0 Å². The fourth-order valence-electron chi connectivity index (χ4n) is 2.27. The molecular weight excluding hydrogens is 291 g/mol. The van der Waals surface area contributed by atoms with Crippen molar-refractivity contribution >= 4 is 17.7 Å². The molecule has 1 aliphatic heterocycles. The van der Waals surface area contributed by atoms with Gasteiger partial charge in [-0.1, -0.05) is 18.2 Å². The van der Waals surface area contributed by atoms with E-state index in [0.29, 0.717) is 5.56 Å². The Morgan fingerprint density at radius 3 is 2.57 bits per heavy atom. The molecule has 0 spiro atoms. The molecule has 5 nitrogen and oxygen atoms in total. The van der Waals surface area contributed by atoms with Crippen LogP contribution in [0.5, 0.6) is 0 Å². The molecule has 0 saturated heterocycles. The summed E-state index contributed by atoms with van der Waals surface area (Å²) in [6.45, 7) is -0.150. The molecular formula is C13H12F3NO4. The second-order valence-electron chi connectivity index (χ2n) is 4.62. The van der Waals surface area contributed by atoms with Crippen molar-refractivity contribution < 1.29 is 32.6 Å². The molecule has 1 aromatic carbocycles. The zero-order valence-electron chi connectivity index (χ0n) is 10.8. The number of carbonyl (C=O) groups is 2. The van der Waals surface area contributed by atoms with Crippen LogP contribution in [0.25, 0.3) is 0 Å². The van der Waals surface area contributed by atoms with Crippen LogP contribution in [0.15, 0.2) is 24.3 Å². The molecule has 1 atom stereocenters. The molecule has 1 amide bonds. The van der Waals surface area contributed by atoms with E-state index in [1.54, 1.807) is 18.2 Å². The number of ether oxygens (including phenoxy) is 1. The summed E-state index contributed by atoms with van der Waals surface area (Å²) in [5.74, 6) is -1.80. The monoisotopic (exact) mass is 303 g/mol. The number of rotatable bonds is 1. The molecule has 0 bridgehead atoms. The Labute approximate surface area is 117 Å². The first kappa shape index (κ1) is 15.1. The maximum atomic E-state index is 12.2. The number of aliphatic carboxylic acids is 1. The molecule has 8 heteroatoms. The molecule has 2 rings (SSSR count). The highest BCUT2D eigenvalue weighted by molar-refractivity contribution is 5.89. The van der Waals surface area contributed by atoms with E-state index in [9.17, 15) is 22.8 Å². The topological polar surface area (TPSA) is 66.8 Å². The minimum Gasteiger partial charge on any atom is -0.481 e. The van der Waals surface area contributed by atoms with Crippen molar-refractivity contribution in [2.24, 2.45) is 5.92 Å². The van der Waals surface area contributed by atoms with Crippen molar-refractivity contribution in [2.45, 2.75) is 19.2 Å². The van der Waals surface area contributed by atoms with Crippen LogP contribution in [0.3, 0.4) is 0 Å². The average Bonchev–Trinajstić information content (AvgIpc) is 2.56. The fraction of sp³-hybridized carbons (Fsp3) is 0.385. The predicted octanol–water partition coefficient (Wildman–Crippen LogP) is 2.80. The summed E-state index contributed by atoms with van der Waals surface area (Å²) in [7, 11) is 0. The van der Waals surface area contributed by atoms with Gasteiger partial charge in [0.1, 0.15) is 0 Å². The Morgan fingerprint density at radius 2 is 1.95 bits per heavy atom. The van der Waals surface area contributed by atoms with E-state index in [1.807, 2.05) is 0 Å². The minimum absolute atomic E-state index is 0.0526. The van der Waals surface area contributed by atoms with Crippen molar-refractivity contribution in [3.8, 4) is 0 Å². The summed E-state index contributed by atoms with van der Waals surface area (Å²) in [4.78, 5) is 23.6. The molecule has 0 radical (unpaired) electrons. The third-order valence-electron chi connectivity index (χ3n) is 3.22. The number of hydrogen-bond donors (Lipinski definition) is 1. The van der Waals surface area contributed by atoms with Gasteiger partial charge in [-0.25, -0.2) is 4.79 Å². The number of carboxylic acid groups (broad SMARTS) is 1. The predicted molar refractivity (Wildman–Crippen MR) is 65.8 cm³/mol. The summed E-state index contributed by atoms with van der Waals surface area (Å²) in [6.07, 6.45) is -6.43. The molecule has 1 unspecified atom stereocenters. The molecule has 21 heavy (non-hydrogen) atoms. The van der Waals surface area contributed by atoms with Gasteiger partial charge in [0.25, 0.3) is 0 Å². The van der Waals surface area contributed by atoms with E-state index in [-0.39, 0.29) is 25.1 Å². The van der Waals surface area contributed by atoms with Crippen LogP contribution in [0.4, 0.5) is 23.7 Å². The summed E-state index contributed by atoms with van der Waals surface area (Å²) in [5.41, 5.74) is 0.747. The largest absolute Gasteiger partial charge is 0.576 e. The highest BCUT2D eigenvalue weighted by Crippen LogP contribution is 2.30. The van der Waals surface area contributed by atoms with Crippen LogP contribution in [-0.2, 0) is 16.0 Å². The molecule has 0 saturated carbocycles. The standard InChI is InChI=1S/C13H12F3NO4/c14-13(15,16)21-12(20)17-6-5-9(11(18)19)7-8-3-1-2-4-10(8)17/h1-4,9H,5-7H2,(H,18,19). The molecule has 0 aliphatic carbocycles. The van der Waals surface area contributed by atoms with Gasteiger partial charge in [0.05, 0.1) is 11.6 Å². The van der Waals surface area contributed by atoms with Crippen LogP contribution in [-0.4, -0.2) is 30.1 Å². The number of benzene rings is 1. The van der Waals surface area contributed by atoms with E-state index in [2.05, 4.69) is 4.74 Å². The van der Waals surface area contributed by atoms with Gasteiger partial charge in [0, 0.05) is 6.54 Å². The van der Waals surface area contributed by atoms with Gasteiger partial charge in [0.15, 0.2) is 0 Å². The summed E-state index contributed by atoms with van der Waals surface area (Å²) in [6, 6.07) is 6.26. The fourth-order valence-corrected chi connectivity index (χ4v) is 2.27. The van der Waals surface area contributed by atoms with Gasteiger partial charge >= 0.3 is 18.4 Å². The number of carboxylic acids is 1. The van der Waals surface area contributed by atoms with Crippen molar-refractivity contribution in [3.05, 3.63) is 29.8 Å². The number of anilines is 1. The molecule has 1 aromatic rings. The zero-order valence-corrected chi connectivity index (χ0v) is 10.8. The smallest absolute Gasteiger partial charge is 0.481 e. The molecule has 1 N–H and O–H groups in total. The number of alkyl halides is 3. The van der Waals surface area contributed by atoms with Crippen molar-refractivity contribution in [1.82, 2.24) is 0 Å². The number of para-hydroxylation sites is 1. The lowest BCUT2D eigenvalue weighted by molar-refractivity contribution is -0.290. The Morgan fingerprint density at radius 1 is 1.29 bits per heavy atom. The number of hydrogen-bond acceptors (Lipinski definition) is 3. The number of fused-ring (bicyclic) bond motifs is 1.